The third-order valence-electron chi connectivity index (χ3n) is 8.18. The van der Waals surface area contributed by atoms with Crippen molar-refractivity contribution in [3.63, 3.8) is 0 Å². The van der Waals surface area contributed by atoms with Crippen molar-refractivity contribution >= 4 is 11.8 Å². The third-order valence-corrected chi connectivity index (χ3v) is 8.18. The minimum atomic E-state index is -1.10. The molecule has 2 saturated heterocycles. The summed E-state index contributed by atoms with van der Waals surface area (Å²) in [4.78, 5) is 28.9. The first-order valence-electron chi connectivity index (χ1n) is 12.8. The highest BCUT2D eigenvalue weighted by atomic mass is 16.3. The van der Waals surface area contributed by atoms with Crippen molar-refractivity contribution in [2.45, 2.75) is 81.9 Å². The molecule has 182 valence electrons. The largest absolute Gasteiger partial charge is 0.382 e. The van der Waals surface area contributed by atoms with Gasteiger partial charge in [-0.1, -0.05) is 31.4 Å². The molecule has 1 aliphatic carbocycles. The molecule has 1 aromatic carbocycles. The number of fused-ring (bicyclic) bond motifs is 2. The van der Waals surface area contributed by atoms with Crippen molar-refractivity contribution in [3.8, 4) is 0 Å². The van der Waals surface area contributed by atoms with E-state index in [-0.39, 0.29) is 18.4 Å². The van der Waals surface area contributed by atoms with Gasteiger partial charge in [0, 0.05) is 43.8 Å². The molecule has 5 N–H and O–H groups in total. The van der Waals surface area contributed by atoms with E-state index in [1.807, 2.05) is 17.0 Å². The molecule has 4 atom stereocenters. The van der Waals surface area contributed by atoms with Gasteiger partial charge in [0.1, 0.15) is 6.10 Å². The van der Waals surface area contributed by atoms with E-state index in [9.17, 15) is 14.7 Å². The van der Waals surface area contributed by atoms with Crippen LogP contribution < -0.4 is 11.5 Å². The molecule has 2 amide bonds. The Labute approximate surface area is 197 Å². The molecular weight excluding hydrogens is 416 g/mol. The summed E-state index contributed by atoms with van der Waals surface area (Å²) in [7, 11) is 0. The number of amides is 2. The smallest absolute Gasteiger partial charge is 0.252 e. The number of primary amides is 1. The number of nitrogens with zero attached hydrogens (tertiary/aromatic N) is 2. The second-order valence-corrected chi connectivity index (χ2v) is 10.3. The molecule has 0 spiro atoms. The van der Waals surface area contributed by atoms with Crippen LogP contribution in [0.15, 0.2) is 24.3 Å². The number of benzene rings is 1. The standard InChI is InChI=1S/C26H40N4O3/c27-16-24(31)26(33)29(17-18-5-2-1-3-6-18)11-12-30-22-9-10-23(30)15-21(14-22)19-7-4-8-20(13-19)25(28)32/h4,7-8,13,18,21-24,31H,1-3,5-6,9-12,14-17,27H2,(H2,28,32)/t21-,22+,23-,24?. The SMILES string of the molecule is NCC(O)C(=O)N(CCN1[C@@H]2CC[C@H]1C[C@@H](c1cccc(C(N)=O)c1)C2)CC1CCCCC1. The molecule has 1 saturated carbocycles. The first-order valence-corrected chi connectivity index (χ1v) is 12.8. The molecule has 7 nitrogen and oxygen atoms in total. The Bertz CT molecular complexity index is 812. The zero-order chi connectivity index (χ0) is 23.4. The lowest BCUT2D eigenvalue weighted by Gasteiger charge is -2.41. The molecule has 3 fully saturated rings. The van der Waals surface area contributed by atoms with Crippen molar-refractivity contribution in [2.75, 3.05) is 26.2 Å². The number of aliphatic hydroxyl groups is 1. The van der Waals surface area contributed by atoms with Crippen LogP contribution in [0.2, 0.25) is 0 Å². The number of hydrogen-bond donors (Lipinski definition) is 3. The van der Waals surface area contributed by atoms with Crippen LogP contribution in [0.3, 0.4) is 0 Å². The molecule has 2 heterocycles. The van der Waals surface area contributed by atoms with Gasteiger partial charge in [0.05, 0.1) is 0 Å². The highest BCUT2D eigenvalue weighted by molar-refractivity contribution is 5.92. The van der Waals surface area contributed by atoms with Gasteiger partial charge in [-0.2, -0.15) is 0 Å². The Kier molecular flexibility index (Phi) is 8.04. The van der Waals surface area contributed by atoms with Crippen molar-refractivity contribution in [3.05, 3.63) is 35.4 Å². The minimum Gasteiger partial charge on any atom is -0.382 e. The second-order valence-electron chi connectivity index (χ2n) is 10.3. The van der Waals surface area contributed by atoms with Crippen molar-refractivity contribution in [2.24, 2.45) is 17.4 Å². The number of aliphatic hydroxyl groups excluding tert-OH is 1. The molecule has 7 heteroatoms. The monoisotopic (exact) mass is 456 g/mol. The molecule has 0 aromatic heterocycles. The van der Waals surface area contributed by atoms with E-state index in [0.29, 0.717) is 36.0 Å². The zero-order valence-electron chi connectivity index (χ0n) is 19.7. The van der Waals surface area contributed by atoms with Gasteiger partial charge in [-0.15, -0.1) is 0 Å². The summed E-state index contributed by atoms with van der Waals surface area (Å²) >= 11 is 0. The van der Waals surface area contributed by atoms with E-state index in [1.165, 1.54) is 50.5 Å². The van der Waals surface area contributed by atoms with E-state index < -0.39 is 6.10 Å². The fraction of sp³-hybridized carbons (Fsp3) is 0.692. The Morgan fingerprint density at radius 2 is 1.79 bits per heavy atom. The van der Waals surface area contributed by atoms with Gasteiger partial charge in [0.25, 0.3) is 5.91 Å². The number of piperidine rings is 1. The molecule has 33 heavy (non-hydrogen) atoms. The first kappa shape index (κ1) is 24.2. The van der Waals surface area contributed by atoms with Crippen molar-refractivity contribution in [1.82, 2.24) is 9.80 Å². The number of rotatable bonds is 9. The minimum absolute atomic E-state index is 0.0268. The van der Waals surface area contributed by atoms with Crippen molar-refractivity contribution in [1.29, 1.82) is 0 Å². The quantitative estimate of drug-likeness (QED) is 0.527. The molecule has 1 unspecified atom stereocenters. The number of carbonyl (C=O) groups excluding carboxylic acids is 2. The van der Waals surface area contributed by atoms with Gasteiger partial charge in [-0.25, -0.2) is 0 Å². The third kappa shape index (κ3) is 5.76. The van der Waals surface area contributed by atoms with Gasteiger partial charge in [-0.3, -0.25) is 14.5 Å². The van der Waals surface area contributed by atoms with Gasteiger partial charge >= 0.3 is 0 Å². The van der Waals surface area contributed by atoms with Crippen LogP contribution in [0.5, 0.6) is 0 Å². The summed E-state index contributed by atoms with van der Waals surface area (Å²) < 4.78 is 0. The molecule has 2 aliphatic heterocycles. The predicted molar refractivity (Wildman–Crippen MR) is 129 cm³/mol. The van der Waals surface area contributed by atoms with E-state index in [2.05, 4.69) is 11.0 Å². The molecule has 0 radical (unpaired) electrons. The van der Waals surface area contributed by atoms with Crippen LogP contribution in [-0.4, -0.2) is 71.1 Å². The van der Waals surface area contributed by atoms with Crippen molar-refractivity contribution < 1.29 is 14.7 Å². The van der Waals surface area contributed by atoms with Crippen LogP contribution in [0.4, 0.5) is 0 Å². The summed E-state index contributed by atoms with van der Waals surface area (Å²) in [5.41, 5.74) is 12.9. The molecule has 3 aliphatic rings. The maximum absolute atomic E-state index is 12.9. The summed E-state index contributed by atoms with van der Waals surface area (Å²) in [5.74, 6) is 0.387. The highest BCUT2D eigenvalue weighted by Crippen LogP contribution is 2.43. The summed E-state index contributed by atoms with van der Waals surface area (Å²) in [6, 6.07) is 8.78. The molecule has 2 bridgehead atoms. The fourth-order valence-electron chi connectivity index (χ4n) is 6.38. The fourth-order valence-corrected chi connectivity index (χ4v) is 6.38. The van der Waals surface area contributed by atoms with Crippen LogP contribution in [0, 0.1) is 5.92 Å². The normalized spacial score (nSPS) is 26.8. The molecule has 1 aromatic rings. The summed E-state index contributed by atoms with van der Waals surface area (Å²) in [6.45, 7) is 2.21. The summed E-state index contributed by atoms with van der Waals surface area (Å²) in [6.07, 6.45) is 9.50. The lowest BCUT2D eigenvalue weighted by atomic mass is 9.84. The maximum atomic E-state index is 12.9. The number of carbonyl (C=O) groups is 2. The lowest BCUT2D eigenvalue weighted by molar-refractivity contribution is -0.140. The van der Waals surface area contributed by atoms with Gasteiger partial charge < -0.3 is 21.5 Å². The average molecular weight is 457 g/mol. The average Bonchev–Trinajstić information content (AvgIpc) is 3.07. The maximum Gasteiger partial charge on any atom is 0.252 e. The topological polar surface area (TPSA) is 113 Å². The molecular formula is C26H40N4O3. The van der Waals surface area contributed by atoms with Crippen LogP contribution in [-0.2, 0) is 4.79 Å². The number of nitrogens with two attached hydrogens (primary N) is 2. The van der Waals surface area contributed by atoms with E-state index in [1.54, 1.807) is 6.07 Å². The summed E-state index contributed by atoms with van der Waals surface area (Å²) in [5, 5.41) is 10.1. The Morgan fingerprint density at radius 1 is 1.09 bits per heavy atom. The van der Waals surface area contributed by atoms with Gasteiger partial charge in [-0.05, 0) is 68.1 Å². The highest BCUT2D eigenvalue weighted by Gasteiger charge is 2.41. The van der Waals surface area contributed by atoms with Crippen LogP contribution in [0.25, 0.3) is 0 Å². The van der Waals surface area contributed by atoms with Crippen LogP contribution >= 0.6 is 0 Å². The van der Waals surface area contributed by atoms with Crippen LogP contribution in [0.1, 0.15) is 79.6 Å². The van der Waals surface area contributed by atoms with Gasteiger partial charge in [0.15, 0.2) is 0 Å². The number of hydrogen-bond acceptors (Lipinski definition) is 5. The Balaban J connectivity index is 1.38. The Morgan fingerprint density at radius 3 is 2.42 bits per heavy atom. The van der Waals surface area contributed by atoms with E-state index >= 15 is 0 Å². The van der Waals surface area contributed by atoms with E-state index in [4.69, 9.17) is 11.5 Å². The van der Waals surface area contributed by atoms with E-state index in [0.717, 1.165) is 25.9 Å². The lowest BCUT2D eigenvalue weighted by Crippen LogP contribution is -2.50. The second kappa shape index (κ2) is 11.0. The first-order chi connectivity index (χ1) is 16.0. The van der Waals surface area contributed by atoms with Gasteiger partial charge in [0.2, 0.25) is 5.91 Å². The Hall–Kier alpha value is -1.96. The predicted octanol–water partition coefficient (Wildman–Crippen LogP) is 2.22. The molecule has 4 rings (SSSR count). The zero-order valence-corrected chi connectivity index (χ0v) is 19.7.